The maximum atomic E-state index is 12.6. The van der Waals surface area contributed by atoms with E-state index in [-0.39, 0.29) is 5.78 Å². The minimum absolute atomic E-state index is 0.144. The van der Waals surface area contributed by atoms with Crippen molar-refractivity contribution in [2.24, 2.45) is 0 Å². The molecule has 0 aliphatic heterocycles. The van der Waals surface area contributed by atoms with E-state index >= 15 is 0 Å². The van der Waals surface area contributed by atoms with Crippen LogP contribution in [0.3, 0.4) is 0 Å². The summed E-state index contributed by atoms with van der Waals surface area (Å²) in [5.41, 5.74) is 0.989. The molecule has 4 nitrogen and oxygen atoms in total. The molecule has 0 spiro atoms. The number of rotatable bonds is 5. The van der Waals surface area contributed by atoms with E-state index in [1.807, 2.05) is 12.1 Å². The van der Waals surface area contributed by atoms with E-state index in [9.17, 15) is 4.79 Å². The van der Waals surface area contributed by atoms with Gasteiger partial charge < -0.3 is 14.2 Å². The van der Waals surface area contributed by atoms with Crippen LogP contribution in [-0.4, -0.2) is 27.1 Å². The number of benzene rings is 2. The second-order valence-corrected chi connectivity index (χ2v) is 5.14. The van der Waals surface area contributed by atoms with Crippen molar-refractivity contribution in [3.05, 3.63) is 52.0 Å². The Hall–Kier alpha value is -2.01. The summed E-state index contributed by atoms with van der Waals surface area (Å²) in [5, 5.41) is 0. The van der Waals surface area contributed by atoms with Crippen LogP contribution < -0.4 is 14.2 Å². The minimum atomic E-state index is -0.144. The maximum absolute atomic E-state index is 12.6. The van der Waals surface area contributed by atoms with Crippen molar-refractivity contribution in [3.63, 3.8) is 0 Å². The Morgan fingerprint density at radius 2 is 1.67 bits per heavy atom. The predicted molar refractivity (Wildman–Crippen MR) is 83.7 cm³/mol. The van der Waals surface area contributed by atoms with Gasteiger partial charge in [0.15, 0.2) is 17.3 Å². The largest absolute Gasteiger partial charge is 0.493 e. The lowest BCUT2D eigenvalue weighted by molar-refractivity contribution is 0.103. The second kappa shape index (κ2) is 6.63. The van der Waals surface area contributed by atoms with Gasteiger partial charge in [-0.05, 0) is 24.3 Å². The predicted octanol–water partition coefficient (Wildman–Crippen LogP) is 3.71. The third kappa shape index (κ3) is 3.03. The minimum Gasteiger partial charge on any atom is -0.493 e. The van der Waals surface area contributed by atoms with Crippen molar-refractivity contribution in [2.75, 3.05) is 21.3 Å². The number of hydrogen-bond donors (Lipinski definition) is 0. The molecule has 0 heterocycles. The standard InChI is InChI=1S/C16H15BrO4/c1-19-13-8-7-12(15(20-2)16(13)21-3)14(18)10-5-4-6-11(17)9-10/h4-9H,1-3H3. The second-order valence-electron chi connectivity index (χ2n) is 4.22. The number of methoxy groups -OCH3 is 3. The first-order valence-corrected chi connectivity index (χ1v) is 7.01. The van der Waals surface area contributed by atoms with Crippen molar-refractivity contribution < 1.29 is 19.0 Å². The van der Waals surface area contributed by atoms with Gasteiger partial charge in [-0.15, -0.1) is 0 Å². The van der Waals surface area contributed by atoms with Crippen molar-refractivity contribution >= 4 is 21.7 Å². The molecule has 0 fully saturated rings. The Kier molecular flexibility index (Phi) is 4.85. The van der Waals surface area contributed by atoms with Crippen molar-refractivity contribution in [1.29, 1.82) is 0 Å². The molecular weight excluding hydrogens is 336 g/mol. The summed E-state index contributed by atoms with van der Waals surface area (Å²) in [5.74, 6) is 1.14. The summed E-state index contributed by atoms with van der Waals surface area (Å²) in [6, 6.07) is 10.5. The molecule has 21 heavy (non-hydrogen) atoms. The van der Waals surface area contributed by atoms with E-state index in [0.29, 0.717) is 28.4 Å². The molecule has 2 rings (SSSR count). The van der Waals surface area contributed by atoms with E-state index < -0.39 is 0 Å². The molecule has 0 N–H and O–H groups in total. The normalized spacial score (nSPS) is 10.1. The number of halogens is 1. The first kappa shape index (κ1) is 15.4. The summed E-state index contributed by atoms with van der Waals surface area (Å²) < 4.78 is 16.7. The highest BCUT2D eigenvalue weighted by molar-refractivity contribution is 9.10. The number of carbonyl (C=O) groups excluding carboxylic acids is 1. The molecule has 5 heteroatoms. The van der Waals surface area contributed by atoms with Crippen molar-refractivity contribution in [1.82, 2.24) is 0 Å². The van der Waals surface area contributed by atoms with Gasteiger partial charge >= 0.3 is 0 Å². The summed E-state index contributed by atoms with van der Waals surface area (Å²) >= 11 is 3.36. The van der Waals surface area contributed by atoms with Crippen LogP contribution in [0.2, 0.25) is 0 Å². The first-order chi connectivity index (χ1) is 10.1. The Balaban J connectivity index is 2.56. The van der Waals surface area contributed by atoms with E-state index in [1.54, 1.807) is 24.3 Å². The third-order valence-corrected chi connectivity index (χ3v) is 3.53. The van der Waals surface area contributed by atoms with Gasteiger partial charge in [-0.1, -0.05) is 28.1 Å². The molecule has 0 aliphatic rings. The zero-order valence-corrected chi connectivity index (χ0v) is 13.6. The molecule has 110 valence electrons. The molecule has 2 aromatic rings. The number of hydrogen-bond acceptors (Lipinski definition) is 4. The zero-order chi connectivity index (χ0) is 15.4. The van der Waals surface area contributed by atoms with Crippen LogP contribution in [0.1, 0.15) is 15.9 Å². The molecule has 0 saturated carbocycles. The van der Waals surface area contributed by atoms with Crippen molar-refractivity contribution in [2.45, 2.75) is 0 Å². The highest BCUT2D eigenvalue weighted by atomic mass is 79.9. The van der Waals surface area contributed by atoms with E-state index in [0.717, 1.165) is 4.47 Å². The summed E-state index contributed by atoms with van der Waals surface area (Å²) in [7, 11) is 4.54. The summed E-state index contributed by atoms with van der Waals surface area (Å²) in [4.78, 5) is 12.6. The molecule has 0 radical (unpaired) electrons. The van der Waals surface area contributed by atoms with Crippen LogP contribution in [0.4, 0.5) is 0 Å². The summed E-state index contributed by atoms with van der Waals surface area (Å²) in [6.45, 7) is 0. The molecule has 0 aromatic heterocycles. The van der Waals surface area contributed by atoms with Crippen LogP contribution in [0.5, 0.6) is 17.2 Å². The van der Waals surface area contributed by atoms with E-state index in [1.165, 1.54) is 21.3 Å². The first-order valence-electron chi connectivity index (χ1n) is 6.21. The average Bonchev–Trinajstić information content (AvgIpc) is 2.52. The fourth-order valence-corrected chi connectivity index (χ4v) is 2.46. The van der Waals surface area contributed by atoms with Gasteiger partial charge in [-0.25, -0.2) is 0 Å². The molecular formula is C16H15BrO4. The van der Waals surface area contributed by atoms with Gasteiger partial charge in [-0.2, -0.15) is 0 Å². The number of ketones is 1. The highest BCUT2D eigenvalue weighted by Crippen LogP contribution is 2.40. The maximum Gasteiger partial charge on any atom is 0.204 e. The molecule has 2 aromatic carbocycles. The highest BCUT2D eigenvalue weighted by Gasteiger charge is 2.21. The fourth-order valence-electron chi connectivity index (χ4n) is 2.07. The molecule has 0 unspecified atom stereocenters. The lowest BCUT2D eigenvalue weighted by atomic mass is 10.0. The SMILES string of the molecule is COc1ccc(C(=O)c2cccc(Br)c2)c(OC)c1OC. The Labute approximate surface area is 131 Å². The van der Waals surface area contributed by atoms with Gasteiger partial charge in [-0.3, -0.25) is 4.79 Å². The van der Waals surface area contributed by atoms with Crippen molar-refractivity contribution in [3.8, 4) is 17.2 Å². The van der Waals surface area contributed by atoms with E-state index in [4.69, 9.17) is 14.2 Å². The Bertz CT molecular complexity index is 667. The topological polar surface area (TPSA) is 44.8 Å². The van der Waals surface area contributed by atoms with Gasteiger partial charge in [0.25, 0.3) is 0 Å². The Morgan fingerprint density at radius 1 is 0.952 bits per heavy atom. The fraction of sp³-hybridized carbons (Fsp3) is 0.188. The molecule has 0 atom stereocenters. The Morgan fingerprint density at radius 3 is 2.24 bits per heavy atom. The van der Waals surface area contributed by atoms with Crippen LogP contribution in [0.25, 0.3) is 0 Å². The van der Waals surface area contributed by atoms with Gasteiger partial charge in [0.1, 0.15) is 0 Å². The molecule has 0 bridgehead atoms. The zero-order valence-electron chi connectivity index (χ0n) is 12.0. The monoisotopic (exact) mass is 350 g/mol. The number of ether oxygens (including phenoxy) is 3. The van der Waals surface area contributed by atoms with Gasteiger partial charge in [0, 0.05) is 10.0 Å². The van der Waals surface area contributed by atoms with E-state index in [2.05, 4.69) is 15.9 Å². The molecule has 0 aliphatic carbocycles. The average molecular weight is 351 g/mol. The lowest BCUT2D eigenvalue weighted by Crippen LogP contribution is -2.06. The van der Waals surface area contributed by atoms with Crippen LogP contribution in [0.15, 0.2) is 40.9 Å². The van der Waals surface area contributed by atoms with Gasteiger partial charge in [0.2, 0.25) is 5.75 Å². The van der Waals surface area contributed by atoms with Crippen LogP contribution >= 0.6 is 15.9 Å². The lowest BCUT2D eigenvalue weighted by Gasteiger charge is -2.15. The number of carbonyl (C=O) groups is 1. The molecule has 0 amide bonds. The van der Waals surface area contributed by atoms with Crippen LogP contribution in [-0.2, 0) is 0 Å². The third-order valence-electron chi connectivity index (χ3n) is 3.04. The van der Waals surface area contributed by atoms with Crippen LogP contribution in [0, 0.1) is 0 Å². The quantitative estimate of drug-likeness (QED) is 0.771. The van der Waals surface area contributed by atoms with Gasteiger partial charge in [0.05, 0.1) is 26.9 Å². The summed E-state index contributed by atoms with van der Waals surface area (Å²) in [6.07, 6.45) is 0. The molecule has 0 saturated heterocycles. The smallest absolute Gasteiger partial charge is 0.204 e.